The van der Waals surface area contributed by atoms with Crippen LogP contribution in [0.2, 0.25) is 0 Å². The van der Waals surface area contributed by atoms with E-state index in [1.807, 2.05) is 0 Å². The average Bonchev–Trinajstić information content (AvgIpc) is 3.41. The summed E-state index contributed by atoms with van der Waals surface area (Å²) in [6.45, 7) is 0. The van der Waals surface area contributed by atoms with Gasteiger partial charge in [0.1, 0.15) is 0 Å². The summed E-state index contributed by atoms with van der Waals surface area (Å²) in [6.07, 6.45) is 0. The van der Waals surface area contributed by atoms with E-state index in [2.05, 4.69) is 267 Å². The molecule has 0 aliphatic rings. The standard InChI is InChI=1S/C66H44/c1-4-17-45(18-5-1)55-38-56(46-19-6-2-7-20-46)40-58(39-55)52-27-16-28-53(37-52)60-42-57(47-21-8-3-9-22-47)41-59(43-60)51-26-15-24-49(36-51)48-23-14-25-50(35-48)54-33-34-65-63-31-11-10-29-61(63)62-30-12-13-32-64(62)66(65)44-54/h1-44H. The number of benzene rings is 12. The van der Waals surface area contributed by atoms with Gasteiger partial charge in [0.25, 0.3) is 0 Å². The lowest BCUT2D eigenvalue weighted by atomic mass is 9.89. The van der Waals surface area contributed by atoms with E-state index in [-0.39, 0.29) is 0 Å². The molecular formula is C66H44. The lowest BCUT2D eigenvalue weighted by molar-refractivity contribution is 1.54. The van der Waals surface area contributed by atoms with Crippen LogP contribution in [0.1, 0.15) is 0 Å². The Kier molecular flexibility index (Phi) is 9.97. The molecule has 0 aliphatic carbocycles. The summed E-state index contributed by atoms with van der Waals surface area (Å²) in [7, 11) is 0. The number of hydrogen-bond acceptors (Lipinski definition) is 0. The zero-order chi connectivity index (χ0) is 43.8. The number of fused-ring (bicyclic) bond motifs is 6. The van der Waals surface area contributed by atoms with Crippen molar-refractivity contribution in [3.63, 3.8) is 0 Å². The van der Waals surface area contributed by atoms with E-state index in [9.17, 15) is 0 Å². The summed E-state index contributed by atoms with van der Waals surface area (Å²) < 4.78 is 0. The van der Waals surface area contributed by atoms with E-state index < -0.39 is 0 Å². The molecule has 0 atom stereocenters. The maximum Gasteiger partial charge on any atom is -0.00928 e. The third kappa shape index (κ3) is 7.45. The van der Waals surface area contributed by atoms with Gasteiger partial charge in [0.15, 0.2) is 0 Å². The van der Waals surface area contributed by atoms with Crippen molar-refractivity contribution in [2.75, 3.05) is 0 Å². The van der Waals surface area contributed by atoms with Crippen molar-refractivity contribution >= 4 is 32.3 Å². The molecule has 0 bridgehead atoms. The molecule has 0 aromatic heterocycles. The van der Waals surface area contributed by atoms with Crippen molar-refractivity contribution in [3.8, 4) is 89.0 Å². The summed E-state index contributed by atoms with van der Waals surface area (Å²) in [5.74, 6) is 0. The van der Waals surface area contributed by atoms with Crippen molar-refractivity contribution in [2.24, 2.45) is 0 Å². The molecule has 0 N–H and O–H groups in total. The zero-order valence-electron chi connectivity index (χ0n) is 36.4. The molecule has 0 heteroatoms. The molecule has 0 unspecified atom stereocenters. The minimum Gasteiger partial charge on any atom is -0.0622 e. The van der Waals surface area contributed by atoms with Gasteiger partial charge < -0.3 is 0 Å². The van der Waals surface area contributed by atoms with E-state index in [4.69, 9.17) is 0 Å². The van der Waals surface area contributed by atoms with Crippen LogP contribution in [-0.4, -0.2) is 0 Å². The lowest BCUT2D eigenvalue weighted by Crippen LogP contribution is -1.89. The van der Waals surface area contributed by atoms with E-state index in [0.717, 1.165) is 0 Å². The monoisotopic (exact) mass is 836 g/mol. The molecule has 66 heavy (non-hydrogen) atoms. The summed E-state index contributed by atoms with van der Waals surface area (Å²) in [4.78, 5) is 0. The SMILES string of the molecule is c1ccc(-c2cc(-c3ccccc3)cc(-c3cccc(-c4cc(-c5ccccc5)cc(-c5cccc(-c6cccc(-c7ccc8c9ccccc9c9ccccc9c8c7)c6)c5)c4)c3)c2)cc1. The van der Waals surface area contributed by atoms with Gasteiger partial charge in [-0.3, -0.25) is 0 Å². The highest BCUT2D eigenvalue weighted by atomic mass is 14.2. The zero-order valence-corrected chi connectivity index (χ0v) is 36.4. The predicted molar refractivity (Wildman–Crippen MR) is 282 cm³/mol. The summed E-state index contributed by atoms with van der Waals surface area (Å²) >= 11 is 0. The van der Waals surface area contributed by atoms with Crippen LogP contribution < -0.4 is 0 Å². The third-order valence-corrected chi connectivity index (χ3v) is 13.2. The Hall–Kier alpha value is -8.58. The molecule has 0 radical (unpaired) electrons. The van der Waals surface area contributed by atoms with E-state index in [1.165, 1.54) is 121 Å². The second kappa shape index (κ2) is 16.8. The summed E-state index contributed by atoms with van der Waals surface area (Å²) in [5, 5.41) is 7.74. The molecule has 0 fully saturated rings. The van der Waals surface area contributed by atoms with Gasteiger partial charge in [0, 0.05) is 0 Å². The Labute approximate surface area is 386 Å². The van der Waals surface area contributed by atoms with Gasteiger partial charge in [0.05, 0.1) is 0 Å². The number of hydrogen-bond donors (Lipinski definition) is 0. The Morgan fingerprint density at radius 1 is 0.106 bits per heavy atom. The van der Waals surface area contributed by atoms with Gasteiger partial charge >= 0.3 is 0 Å². The van der Waals surface area contributed by atoms with Crippen molar-refractivity contribution in [1.29, 1.82) is 0 Å². The van der Waals surface area contributed by atoms with E-state index in [1.54, 1.807) is 0 Å². The summed E-state index contributed by atoms with van der Waals surface area (Å²) in [5.41, 5.74) is 19.1. The Morgan fingerprint density at radius 2 is 0.318 bits per heavy atom. The fraction of sp³-hybridized carbons (Fsp3) is 0. The smallest absolute Gasteiger partial charge is 0.00928 e. The first kappa shape index (κ1) is 39.0. The van der Waals surface area contributed by atoms with Crippen LogP contribution in [0.3, 0.4) is 0 Å². The molecule has 12 aromatic rings. The van der Waals surface area contributed by atoms with Crippen molar-refractivity contribution in [1.82, 2.24) is 0 Å². The maximum absolute atomic E-state index is 2.38. The van der Waals surface area contributed by atoms with Crippen LogP contribution in [0.15, 0.2) is 267 Å². The highest BCUT2D eigenvalue weighted by molar-refractivity contribution is 6.25. The van der Waals surface area contributed by atoms with Crippen LogP contribution in [-0.2, 0) is 0 Å². The summed E-state index contributed by atoms with van der Waals surface area (Å²) in [6, 6.07) is 97.8. The van der Waals surface area contributed by atoms with Crippen LogP contribution in [0, 0.1) is 0 Å². The van der Waals surface area contributed by atoms with Gasteiger partial charge in [0.2, 0.25) is 0 Å². The Morgan fingerprint density at radius 3 is 0.652 bits per heavy atom. The molecule has 308 valence electrons. The van der Waals surface area contributed by atoms with Crippen molar-refractivity contribution in [3.05, 3.63) is 267 Å². The van der Waals surface area contributed by atoms with Gasteiger partial charge in [-0.25, -0.2) is 0 Å². The van der Waals surface area contributed by atoms with Crippen molar-refractivity contribution < 1.29 is 0 Å². The minimum atomic E-state index is 1.18. The highest BCUT2D eigenvalue weighted by Gasteiger charge is 2.14. The molecular weight excluding hydrogens is 793 g/mol. The quantitative estimate of drug-likeness (QED) is 0.134. The largest absolute Gasteiger partial charge is 0.0622 e. The first-order valence-electron chi connectivity index (χ1n) is 22.8. The highest BCUT2D eigenvalue weighted by Crippen LogP contribution is 2.40. The number of rotatable bonds is 8. The molecule has 0 saturated heterocycles. The molecule has 0 heterocycles. The topological polar surface area (TPSA) is 0 Å². The molecule has 0 saturated carbocycles. The molecule has 0 nitrogen and oxygen atoms in total. The Bertz CT molecular complexity index is 3640. The second-order valence-corrected chi connectivity index (χ2v) is 17.3. The fourth-order valence-corrected chi connectivity index (χ4v) is 9.87. The predicted octanol–water partition coefficient (Wildman–Crippen LogP) is 18.5. The van der Waals surface area contributed by atoms with Crippen LogP contribution >= 0.6 is 0 Å². The van der Waals surface area contributed by atoms with Gasteiger partial charge in [-0.2, -0.15) is 0 Å². The van der Waals surface area contributed by atoms with Crippen LogP contribution in [0.25, 0.3) is 121 Å². The fourth-order valence-electron chi connectivity index (χ4n) is 9.87. The normalized spacial score (nSPS) is 11.3. The van der Waals surface area contributed by atoms with Gasteiger partial charge in [-0.05, 0) is 182 Å². The van der Waals surface area contributed by atoms with E-state index in [0.29, 0.717) is 0 Å². The first-order valence-corrected chi connectivity index (χ1v) is 22.8. The van der Waals surface area contributed by atoms with Gasteiger partial charge in [-0.1, -0.05) is 206 Å². The molecule has 0 spiro atoms. The maximum atomic E-state index is 2.38. The minimum absolute atomic E-state index is 1.18. The molecule has 0 aliphatic heterocycles. The van der Waals surface area contributed by atoms with Gasteiger partial charge in [-0.15, -0.1) is 0 Å². The molecule has 12 rings (SSSR count). The Balaban J connectivity index is 0.934. The molecule has 12 aromatic carbocycles. The molecule has 0 amide bonds. The first-order chi connectivity index (χ1) is 32.7. The third-order valence-electron chi connectivity index (χ3n) is 13.2. The van der Waals surface area contributed by atoms with Crippen LogP contribution in [0.5, 0.6) is 0 Å². The van der Waals surface area contributed by atoms with Crippen molar-refractivity contribution in [2.45, 2.75) is 0 Å². The van der Waals surface area contributed by atoms with Crippen LogP contribution in [0.4, 0.5) is 0 Å². The lowest BCUT2D eigenvalue weighted by Gasteiger charge is -2.15. The average molecular weight is 837 g/mol. The van der Waals surface area contributed by atoms with E-state index >= 15 is 0 Å². The second-order valence-electron chi connectivity index (χ2n) is 17.3.